The van der Waals surface area contributed by atoms with Gasteiger partial charge in [-0.3, -0.25) is 0 Å². The van der Waals surface area contributed by atoms with E-state index < -0.39 is 10.0 Å². The Morgan fingerprint density at radius 3 is 2.71 bits per heavy atom. The first-order chi connectivity index (χ1) is 6.47. The number of aliphatic hydroxyl groups excluding tert-OH is 1. The number of hydrogen-bond donors (Lipinski definition) is 2. The summed E-state index contributed by atoms with van der Waals surface area (Å²) < 4.78 is 25.8. The van der Waals surface area contributed by atoms with Gasteiger partial charge in [0.25, 0.3) is 0 Å². The van der Waals surface area contributed by atoms with E-state index in [2.05, 4.69) is 4.72 Å². The van der Waals surface area contributed by atoms with Gasteiger partial charge < -0.3 is 5.11 Å². The van der Waals surface area contributed by atoms with Crippen LogP contribution in [0.15, 0.2) is 16.3 Å². The van der Waals surface area contributed by atoms with Crippen molar-refractivity contribution in [3.8, 4) is 0 Å². The Morgan fingerprint density at radius 2 is 2.21 bits per heavy atom. The van der Waals surface area contributed by atoms with Crippen molar-refractivity contribution >= 4 is 21.4 Å². The summed E-state index contributed by atoms with van der Waals surface area (Å²) in [5.41, 5.74) is 0. The minimum Gasteiger partial charge on any atom is -0.391 e. The van der Waals surface area contributed by atoms with E-state index in [0.717, 1.165) is 0 Å². The molecule has 6 heteroatoms. The summed E-state index contributed by atoms with van der Waals surface area (Å²) in [7, 11) is -3.46. The minimum absolute atomic E-state index is 0.147. The summed E-state index contributed by atoms with van der Waals surface area (Å²) in [4.78, 5) is 0.650. The molecule has 0 bridgehead atoms. The number of rotatable bonds is 4. The van der Waals surface area contributed by atoms with Gasteiger partial charge in [0, 0.05) is 10.9 Å². The maximum Gasteiger partial charge on any atom is 0.241 e. The molecule has 4 nitrogen and oxygen atoms in total. The SMILES string of the molecule is CC(C)NS(=O)(=O)c1ccsc1CO. The average molecular weight is 235 g/mol. The van der Waals surface area contributed by atoms with E-state index in [9.17, 15) is 8.42 Å². The topological polar surface area (TPSA) is 66.4 Å². The van der Waals surface area contributed by atoms with Gasteiger partial charge in [0.2, 0.25) is 10.0 Å². The fraction of sp³-hybridized carbons (Fsp3) is 0.500. The first-order valence-electron chi connectivity index (χ1n) is 4.17. The highest BCUT2D eigenvalue weighted by Gasteiger charge is 2.19. The fourth-order valence-corrected chi connectivity index (χ4v) is 3.60. The van der Waals surface area contributed by atoms with Crippen molar-refractivity contribution in [2.75, 3.05) is 0 Å². The molecule has 0 unspecified atom stereocenters. The van der Waals surface area contributed by atoms with Gasteiger partial charge in [0.05, 0.1) is 11.5 Å². The van der Waals surface area contributed by atoms with Crippen LogP contribution in [0, 0.1) is 0 Å². The third-order valence-corrected chi connectivity index (χ3v) is 4.31. The molecule has 0 fully saturated rings. The Bertz CT molecular complexity index is 394. The Hall–Kier alpha value is -0.430. The predicted molar refractivity (Wildman–Crippen MR) is 55.7 cm³/mol. The number of hydrogen-bond acceptors (Lipinski definition) is 4. The maximum absolute atomic E-state index is 11.7. The van der Waals surface area contributed by atoms with E-state index in [1.54, 1.807) is 19.2 Å². The minimum atomic E-state index is -3.46. The third-order valence-electron chi connectivity index (χ3n) is 1.53. The van der Waals surface area contributed by atoms with Gasteiger partial charge in [0.1, 0.15) is 0 Å². The third kappa shape index (κ3) is 2.54. The highest BCUT2D eigenvalue weighted by Crippen LogP contribution is 2.21. The number of nitrogens with one attached hydrogen (secondary N) is 1. The van der Waals surface area contributed by atoms with Crippen LogP contribution < -0.4 is 4.72 Å². The van der Waals surface area contributed by atoms with Crippen LogP contribution in [-0.4, -0.2) is 19.6 Å². The zero-order chi connectivity index (χ0) is 10.8. The summed E-state index contributed by atoms with van der Waals surface area (Å²) in [6.45, 7) is 3.26. The summed E-state index contributed by atoms with van der Waals surface area (Å²) in [5.74, 6) is 0. The molecule has 0 aliphatic carbocycles. The van der Waals surface area contributed by atoms with Crippen molar-refractivity contribution in [3.05, 3.63) is 16.3 Å². The van der Waals surface area contributed by atoms with E-state index in [1.165, 1.54) is 17.4 Å². The van der Waals surface area contributed by atoms with Crippen LogP contribution in [0.4, 0.5) is 0 Å². The molecule has 0 aromatic carbocycles. The van der Waals surface area contributed by atoms with E-state index >= 15 is 0 Å². The Balaban J connectivity index is 3.04. The molecule has 14 heavy (non-hydrogen) atoms. The normalized spacial score (nSPS) is 12.3. The van der Waals surface area contributed by atoms with Crippen LogP contribution in [0.25, 0.3) is 0 Å². The van der Waals surface area contributed by atoms with Crippen molar-refractivity contribution in [2.24, 2.45) is 0 Å². The lowest BCUT2D eigenvalue weighted by molar-refractivity contribution is 0.282. The molecular formula is C8H13NO3S2. The molecule has 0 saturated heterocycles. The van der Waals surface area contributed by atoms with E-state index in [0.29, 0.717) is 4.88 Å². The number of thiophene rings is 1. The summed E-state index contributed by atoms with van der Waals surface area (Å²) in [6.07, 6.45) is 0. The quantitative estimate of drug-likeness (QED) is 0.815. The van der Waals surface area contributed by atoms with Crippen molar-refractivity contribution in [1.29, 1.82) is 0 Å². The van der Waals surface area contributed by atoms with Gasteiger partial charge in [-0.05, 0) is 25.3 Å². The first kappa shape index (κ1) is 11.6. The van der Waals surface area contributed by atoms with Gasteiger partial charge >= 0.3 is 0 Å². The van der Waals surface area contributed by atoms with E-state index in [1.807, 2.05) is 0 Å². The molecule has 0 saturated carbocycles. The second kappa shape index (κ2) is 4.39. The Kier molecular flexibility index (Phi) is 3.65. The van der Waals surface area contributed by atoms with Crippen molar-refractivity contribution in [2.45, 2.75) is 31.4 Å². The van der Waals surface area contributed by atoms with Crippen LogP contribution in [0.3, 0.4) is 0 Å². The molecule has 1 rings (SSSR count). The maximum atomic E-state index is 11.7. The first-order valence-corrected chi connectivity index (χ1v) is 6.53. The average Bonchev–Trinajstić information content (AvgIpc) is 2.48. The molecule has 2 N–H and O–H groups in total. The van der Waals surface area contributed by atoms with Gasteiger partial charge in [-0.1, -0.05) is 0 Å². The van der Waals surface area contributed by atoms with Gasteiger partial charge in [0.15, 0.2) is 0 Å². The summed E-state index contributed by atoms with van der Waals surface area (Å²) in [5, 5.41) is 10.6. The monoisotopic (exact) mass is 235 g/mol. The molecule has 80 valence electrons. The number of sulfonamides is 1. The smallest absolute Gasteiger partial charge is 0.241 e. The highest BCUT2D eigenvalue weighted by molar-refractivity contribution is 7.89. The predicted octanol–water partition coefficient (Wildman–Crippen LogP) is 0.927. The zero-order valence-corrected chi connectivity index (χ0v) is 9.65. The second-order valence-corrected chi connectivity index (χ2v) is 5.83. The lowest BCUT2D eigenvalue weighted by Gasteiger charge is -2.08. The summed E-state index contributed by atoms with van der Waals surface area (Å²) >= 11 is 1.23. The van der Waals surface area contributed by atoms with Crippen LogP contribution in [0.1, 0.15) is 18.7 Å². The lowest BCUT2D eigenvalue weighted by Crippen LogP contribution is -2.30. The van der Waals surface area contributed by atoms with E-state index in [-0.39, 0.29) is 17.5 Å². The summed E-state index contributed by atoms with van der Waals surface area (Å²) in [6, 6.07) is 1.35. The van der Waals surface area contributed by atoms with Gasteiger partial charge in [-0.2, -0.15) is 0 Å². The van der Waals surface area contributed by atoms with Crippen molar-refractivity contribution < 1.29 is 13.5 Å². The van der Waals surface area contributed by atoms with Crippen molar-refractivity contribution in [1.82, 2.24) is 4.72 Å². The van der Waals surface area contributed by atoms with Crippen LogP contribution in [-0.2, 0) is 16.6 Å². The van der Waals surface area contributed by atoms with Crippen LogP contribution in [0.2, 0.25) is 0 Å². The van der Waals surface area contributed by atoms with Crippen LogP contribution >= 0.6 is 11.3 Å². The molecule has 0 amide bonds. The standard InChI is InChI=1S/C8H13NO3S2/c1-6(2)9-14(11,12)8-3-4-13-7(8)5-10/h3-4,6,9-10H,5H2,1-2H3. The molecule has 0 spiro atoms. The molecule has 0 radical (unpaired) electrons. The fourth-order valence-electron chi connectivity index (χ4n) is 1.06. The second-order valence-electron chi connectivity index (χ2n) is 3.14. The van der Waals surface area contributed by atoms with Crippen molar-refractivity contribution in [3.63, 3.8) is 0 Å². The van der Waals surface area contributed by atoms with Gasteiger partial charge in [-0.25, -0.2) is 13.1 Å². The van der Waals surface area contributed by atoms with Crippen LogP contribution in [0.5, 0.6) is 0 Å². The Morgan fingerprint density at radius 1 is 1.57 bits per heavy atom. The molecule has 0 aliphatic rings. The Labute approximate surface area is 87.6 Å². The molecular weight excluding hydrogens is 222 g/mol. The number of aliphatic hydroxyl groups is 1. The highest BCUT2D eigenvalue weighted by atomic mass is 32.2. The lowest BCUT2D eigenvalue weighted by atomic mass is 10.4. The zero-order valence-electron chi connectivity index (χ0n) is 8.02. The molecule has 0 atom stereocenters. The van der Waals surface area contributed by atoms with E-state index in [4.69, 9.17) is 5.11 Å². The molecule has 1 aromatic heterocycles. The molecule has 0 aliphatic heterocycles. The molecule has 1 aromatic rings. The molecule has 1 heterocycles. The van der Waals surface area contributed by atoms with Gasteiger partial charge in [-0.15, -0.1) is 11.3 Å². The largest absolute Gasteiger partial charge is 0.391 e.